The zero-order chi connectivity index (χ0) is 19.4. The molecule has 1 aliphatic rings. The molecule has 0 saturated heterocycles. The summed E-state index contributed by atoms with van der Waals surface area (Å²) < 4.78 is 4.64. The molecule has 0 spiro atoms. The quantitative estimate of drug-likeness (QED) is 0.798. The number of carbonyl (C=O) groups is 3. The first-order valence-electron chi connectivity index (χ1n) is 8.77. The lowest BCUT2D eigenvalue weighted by atomic mass is 10.2. The van der Waals surface area contributed by atoms with Crippen molar-refractivity contribution < 1.29 is 19.1 Å². The van der Waals surface area contributed by atoms with Crippen LogP contribution in [-0.2, 0) is 20.9 Å². The molecule has 0 aliphatic heterocycles. The average Bonchev–Trinajstić information content (AvgIpc) is 3.49. The van der Waals surface area contributed by atoms with Crippen LogP contribution >= 0.6 is 0 Å². The first kappa shape index (κ1) is 18.6. The number of hydrogen-bond donors (Lipinski definition) is 1. The lowest BCUT2D eigenvalue weighted by molar-refractivity contribution is -0.133. The van der Waals surface area contributed by atoms with Gasteiger partial charge in [0.15, 0.2) is 0 Å². The molecule has 0 aromatic heterocycles. The van der Waals surface area contributed by atoms with Crippen molar-refractivity contribution in [2.75, 3.05) is 19.5 Å². The second-order valence-electron chi connectivity index (χ2n) is 6.69. The SMILES string of the molecule is COC(=O)c1ccc(NC(=O)C2CC2C(=O)N(C)Cc2ccccc2)cc1. The maximum absolute atomic E-state index is 12.5. The standard InChI is InChI=1S/C21H22N2O4/c1-23(13-14-6-4-3-5-7-14)20(25)18-12-17(18)19(24)22-16-10-8-15(9-11-16)21(26)27-2/h3-11,17-18H,12-13H2,1-2H3,(H,22,24). The fourth-order valence-electron chi connectivity index (χ4n) is 3.02. The molecule has 6 nitrogen and oxygen atoms in total. The van der Waals surface area contributed by atoms with Crippen molar-refractivity contribution in [3.8, 4) is 0 Å². The monoisotopic (exact) mass is 366 g/mol. The minimum atomic E-state index is -0.429. The van der Waals surface area contributed by atoms with E-state index in [1.165, 1.54) is 7.11 Å². The number of methoxy groups -OCH3 is 1. The number of esters is 1. The fourth-order valence-corrected chi connectivity index (χ4v) is 3.02. The van der Waals surface area contributed by atoms with Gasteiger partial charge in [0.1, 0.15) is 0 Å². The van der Waals surface area contributed by atoms with Crippen molar-refractivity contribution in [2.24, 2.45) is 11.8 Å². The lowest BCUT2D eigenvalue weighted by Crippen LogP contribution is -2.29. The summed E-state index contributed by atoms with van der Waals surface area (Å²) in [7, 11) is 3.07. The third kappa shape index (κ3) is 4.53. The number of benzene rings is 2. The Labute approximate surface area is 158 Å². The molecule has 0 bridgehead atoms. The second kappa shape index (κ2) is 8.03. The number of carbonyl (C=O) groups excluding carboxylic acids is 3. The third-order valence-corrected chi connectivity index (χ3v) is 4.66. The summed E-state index contributed by atoms with van der Waals surface area (Å²) in [6, 6.07) is 16.2. The first-order valence-corrected chi connectivity index (χ1v) is 8.77. The highest BCUT2D eigenvalue weighted by molar-refractivity contribution is 5.99. The summed E-state index contributed by atoms with van der Waals surface area (Å²) in [5.74, 6) is -1.20. The van der Waals surface area contributed by atoms with Crippen molar-refractivity contribution in [2.45, 2.75) is 13.0 Å². The van der Waals surface area contributed by atoms with E-state index >= 15 is 0 Å². The number of nitrogens with one attached hydrogen (secondary N) is 1. The van der Waals surface area contributed by atoms with Crippen molar-refractivity contribution in [1.82, 2.24) is 4.90 Å². The topological polar surface area (TPSA) is 75.7 Å². The van der Waals surface area contributed by atoms with Crippen LogP contribution in [0.4, 0.5) is 5.69 Å². The first-order chi connectivity index (χ1) is 13.0. The molecule has 2 amide bonds. The van der Waals surface area contributed by atoms with Gasteiger partial charge in [-0.2, -0.15) is 0 Å². The molecule has 2 atom stereocenters. The minimum Gasteiger partial charge on any atom is -0.465 e. The predicted octanol–water partition coefficient (Wildman–Crippen LogP) is 2.71. The van der Waals surface area contributed by atoms with Crippen molar-refractivity contribution >= 4 is 23.5 Å². The van der Waals surface area contributed by atoms with E-state index in [2.05, 4.69) is 10.1 Å². The van der Waals surface area contributed by atoms with Crippen molar-refractivity contribution in [1.29, 1.82) is 0 Å². The van der Waals surface area contributed by atoms with Crippen LogP contribution in [0.5, 0.6) is 0 Å². The van der Waals surface area contributed by atoms with E-state index in [-0.39, 0.29) is 23.7 Å². The van der Waals surface area contributed by atoms with Crippen molar-refractivity contribution in [3.63, 3.8) is 0 Å². The Morgan fingerprint density at radius 2 is 1.70 bits per heavy atom. The van der Waals surface area contributed by atoms with Gasteiger partial charge in [-0.1, -0.05) is 30.3 Å². The van der Waals surface area contributed by atoms with Gasteiger partial charge in [-0.3, -0.25) is 9.59 Å². The summed E-state index contributed by atoms with van der Waals surface area (Å²) in [6.45, 7) is 0.527. The van der Waals surface area contributed by atoms with Crippen molar-refractivity contribution in [3.05, 3.63) is 65.7 Å². The molecule has 0 radical (unpaired) electrons. The van der Waals surface area contributed by atoms with Crippen LogP contribution in [0.25, 0.3) is 0 Å². The largest absolute Gasteiger partial charge is 0.465 e. The molecule has 0 heterocycles. The Morgan fingerprint density at radius 1 is 1.04 bits per heavy atom. The van der Waals surface area contributed by atoms with Gasteiger partial charge in [-0.25, -0.2) is 4.79 Å². The fraction of sp³-hybridized carbons (Fsp3) is 0.286. The van der Waals surface area contributed by atoms with Crippen LogP contribution in [0.1, 0.15) is 22.3 Å². The van der Waals surface area contributed by atoms with Gasteiger partial charge in [0, 0.05) is 19.3 Å². The molecule has 1 N–H and O–H groups in total. The molecule has 2 aromatic carbocycles. The number of rotatable bonds is 6. The molecule has 2 unspecified atom stereocenters. The third-order valence-electron chi connectivity index (χ3n) is 4.66. The van der Waals surface area contributed by atoms with Crippen LogP contribution in [0.3, 0.4) is 0 Å². The second-order valence-corrected chi connectivity index (χ2v) is 6.69. The highest BCUT2D eigenvalue weighted by Crippen LogP contribution is 2.40. The molecular formula is C21H22N2O4. The molecule has 27 heavy (non-hydrogen) atoms. The molecule has 1 saturated carbocycles. The summed E-state index contributed by atoms with van der Waals surface area (Å²) in [4.78, 5) is 38.0. The Hall–Kier alpha value is -3.15. The molecule has 6 heteroatoms. The number of ether oxygens (including phenoxy) is 1. The predicted molar refractivity (Wildman–Crippen MR) is 101 cm³/mol. The maximum atomic E-state index is 12.5. The zero-order valence-corrected chi connectivity index (χ0v) is 15.3. The Morgan fingerprint density at radius 3 is 2.33 bits per heavy atom. The van der Waals surface area contributed by atoms with Gasteiger partial charge < -0.3 is 15.0 Å². The van der Waals surface area contributed by atoms with Crippen LogP contribution < -0.4 is 5.32 Å². The highest BCUT2D eigenvalue weighted by atomic mass is 16.5. The van der Waals surface area contributed by atoms with Gasteiger partial charge in [-0.05, 0) is 36.2 Å². The molecule has 140 valence electrons. The van der Waals surface area contributed by atoms with Gasteiger partial charge in [0.25, 0.3) is 0 Å². The summed E-state index contributed by atoms with van der Waals surface area (Å²) in [5, 5.41) is 2.80. The molecule has 2 aromatic rings. The Bertz CT molecular complexity index is 833. The van der Waals surface area contributed by atoms with E-state index in [9.17, 15) is 14.4 Å². The molecule has 3 rings (SSSR count). The minimum absolute atomic E-state index is 0.0138. The summed E-state index contributed by atoms with van der Waals surface area (Å²) in [5.41, 5.74) is 2.06. The Balaban J connectivity index is 1.52. The Kier molecular flexibility index (Phi) is 5.54. The normalized spacial score (nSPS) is 17.7. The van der Waals surface area contributed by atoms with E-state index in [0.717, 1.165) is 5.56 Å². The van der Waals surface area contributed by atoms with Gasteiger partial charge in [-0.15, -0.1) is 0 Å². The molecule has 1 aliphatic carbocycles. The maximum Gasteiger partial charge on any atom is 0.337 e. The van der Waals surface area contributed by atoms with E-state index in [1.54, 1.807) is 36.2 Å². The highest BCUT2D eigenvalue weighted by Gasteiger charge is 2.49. The average molecular weight is 366 g/mol. The van der Waals surface area contributed by atoms with E-state index in [0.29, 0.717) is 24.2 Å². The van der Waals surface area contributed by atoms with Crippen LogP contribution in [0.2, 0.25) is 0 Å². The molecular weight excluding hydrogens is 344 g/mol. The van der Waals surface area contributed by atoms with E-state index in [4.69, 9.17) is 0 Å². The number of amides is 2. The van der Waals surface area contributed by atoms with E-state index in [1.807, 2.05) is 30.3 Å². The number of nitrogens with zero attached hydrogens (tertiary/aromatic N) is 1. The van der Waals surface area contributed by atoms with Gasteiger partial charge >= 0.3 is 5.97 Å². The molecule has 1 fully saturated rings. The summed E-state index contributed by atoms with van der Waals surface area (Å²) in [6.07, 6.45) is 0.560. The zero-order valence-electron chi connectivity index (χ0n) is 15.3. The smallest absolute Gasteiger partial charge is 0.337 e. The lowest BCUT2D eigenvalue weighted by Gasteiger charge is -2.17. The number of hydrogen-bond acceptors (Lipinski definition) is 4. The number of anilines is 1. The van der Waals surface area contributed by atoms with E-state index < -0.39 is 5.97 Å². The summed E-state index contributed by atoms with van der Waals surface area (Å²) >= 11 is 0. The van der Waals surface area contributed by atoms with Gasteiger partial charge in [0.2, 0.25) is 11.8 Å². The van der Waals surface area contributed by atoms with Crippen LogP contribution in [0, 0.1) is 11.8 Å². The van der Waals surface area contributed by atoms with Crippen LogP contribution in [-0.4, -0.2) is 36.8 Å². The van der Waals surface area contributed by atoms with Gasteiger partial charge in [0.05, 0.1) is 24.5 Å². The van der Waals surface area contributed by atoms with Crippen LogP contribution in [0.15, 0.2) is 54.6 Å².